The maximum absolute atomic E-state index is 10.2. The topological polar surface area (TPSA) is 40.1 Å². The van der Waals surface area contributed by atoms with Gasteiger partial charge in [-0.1, -0.05) is 62.6 Å². The van der Waals surface area contributed by atoms with Gasteiger partial charge in [-0.05, 0) is 44.9 Å². The minimum Gasteiger partial charge on any atom is -0.550 e. The average Bonchev–Trinajstić information content (AvgIpc) is 2.43. The Hall–Kier alpha value is -0.713. The van der Waals surface area contributed by atoms with Gasteiger partial charge in [-0.2, -0.15) is 0 Å². The zero-order valence-corrected chi connectivity index (χ0v) is 13.9. The molecule has 21 heavy (non-hydrogen) atoms. The number of carboxylic acids is 1. The summed E-state index contributed by atoms with van der Waals surface area (Å²) in [4.78, 5) is 10.2. The predicted octanol–water partition coefficient (Wildman–Crippen LogP) is 1.33. The number of aliphatic carboxylic acids is 1. The molecule has 0 heterocycles. The molecule has 0 aromatic heterocycles. The van der Waals surface area contributed by atoms with Crippen LogP contribution in [-0.4, -0.2) is 5.97 Å². The van der Waals surface area contributed by atoms with Crippen molar-refractivity contribution in [2.24, 2.45) is 0 Å². The van der Waals surface area contributed by atoms with Gasteiger partial charge in [0, 0.05) is 5.97 Å². The van der Waals surface area contributed by atoms with Gasteiger partial charge in [-0.15, -0.1) is 0 Å². The molecular weight excluding hydrogens is 255 g/mol. The second-order valence-corrected chi connectivity index (χ2v) is 4.97. The number of hydrogen-bond donors (Lipinski definition) is 0. The number of carbonyl (C=O) groups excluding carboxylic acids is 1. The molecule has 0 rings (SSSR count). The van der Waals surface area contributed by atoms with Crippen LogP contribution in [0.2, 0.25) is 0 Å². The summed E-state index contributed by atoms with van der Waals surface area (Å²) in [7, 11) is 0. The number of carbonyl (C=O) groups is 1. The summed E-state index contributed by atoms with van der Waals surface area (Å²) >= 11 is 0. The first kappa shape index (κ1) is 22.6. The van der Waals surface area contributed by atoms with Gasteiger partial charge in [0.2, 0.25) is 0 Å². The molecule has 0 aliphatic carbocycles. The van der Waals surface area contributed by atoms with Crippen LogP contribution in [0.4, 0.5) is 0 Å². The number of rotatable bonds is 13. The van der Waals surface area contributed by atoms with Crippen LogP contribution in [0.1, 0.15) is 71.1 Å². The minimum atomic E-state index is -0.925. The fourth-order valence-corrected chi connectivity index (χ4v) is 1.89. The zero-order valence-electron chi connectivity index (χ0n) is 13.9. The molecule has 0 unspecified atom stereocenters. The van der Waals surface area contributed by atoms with Gasteiger partial charge in [-0.3, -0.25) is 0 Å². The van der Waals surface area contributed by atoms with Crippen LogP contribution in [0.15, 0.2) is 36.5 Å². The van der Waals surface area contributed by atoms with Gasteiger partial charge >= 0.3 is 18.9 Å². The van der Waals surface area contributed by atoms with Crippen molar-refractivity contribution in [1.82, 2.24) is 0 Å². The van der Waals surface area contributed by atoms with Crippen molar-refractivity contribution in [3.05, 3.63) is 36.5 Å². The van der Waals surface area contributed by atoms with E-state index >= 15 is 0 Å². The van der Waals surface area contributed by atoms with Gasteiger partial charge in [-0.25, -0.2) is 0 Å². The van der Waals surface area contributed by atoms with E-state index in [-0.39, 0.29) is 25.3 Å². The average molecular weight is 284 g/mol. The number of hydrogen-bond acceptors (Lipinski definition) is 2. The van der Waals surface area contributed by atoms with Crippen molar-refractivity contribution in [2.45, 2.75) is 71.1 Å². The molecule has 0 fully saturated rings. The fraction of sp³-hybridized carbons (Fsp3) is 0.611. The first-order valence-corrected chi connectivity index (χ1v) is 7.92. The molecule has 0 aromatic carbocycles. The van der Waals surface area contributed by atoms with E-state index in [1.165, 1.54) is 12.8 Å². The number of allylic oxidation sites excluding steroid dienone is 6. The molecule has 0 saturated heterocycles. The Morgan fingerprint density at radius 3 is 1.95 bits per heavy atom. The van der Waals surface area contributed by atoms with Crippen molar-refractivity contribution in [1.29, 1.82) is 0 Å². The molecule has 0 saturated carbocycles. The normalized spacial score (nSPS) is 11.5. The Morgan fingerprint density at radius 1 is 0.810 bits per heavy atom. The van der Waals surface area contributed by atoms with Crippen molar-refractivity contribution in [3.63, 3.8) is 0 Å². The quantitative estimate of drug-likeness (QED) is 0.291. The Balaban J connectivity index is 0. The summed E-state index contributed by atoms with van der Waals surface area (Å²) < 4.78 is 0. The predicted molar refractivity (Wildman–Crippen MR) is 84.3 cm³/mol. The Morgan fingerprint density at radius 2 is 1.33 bits per heavy atom. The van der Waals surface area contributed by atoms with Crippen molar-refractivity contribution < 1.29 is 28.8 Å². The summed E-state index contributed by atoms with van der Waals surface area (Å²) in [5.41, 5.74) is 0. The van der Waals surface area contributed by atoms with E-state index in [1.807, 2.05) is 0 Å². The van der Waals surface area contributed by atoms with E-state index in [0.29, 0.717) is 0 Å². The third-order valence-corrected chi connectivity index (χ3v) is 3.03. The zero-order chi connectivity index (χ0) is 14.9. The SMILES string of the molecule is CC/C=C\C/C=C\C/C=C\CCCCCCCC(=O)[O-].[Li+]. The van der Waals surface area contributed by atoms with Crippen molar-refractivity contribution >= 4 is 5.97 Å². The van der Waals surface area contributed by atoms with E-state index in [9.17, 15) is 9.90 Å². The summed E-state index contributed by atoms with van der Waals surface area (Å²) in [5, 5.41) is 10.2. The van der Waals surface area contributed by atoms with Gasteiger partial charge in [0.1, 0.15) is 0 Å². The molecule has 0 aliphatic heterocycles. The molecular formula is C18H29LiO2. The van der Waals surface area contributed by atoms with E-state index in [1.54, 1.807) is 0 Å². The van der Waals surface area contributed by atoms with Crippen LogP contribution in [-0.2, 0) is 4.79 Å². The summed E-state index contributed by atoms with van der Waals surface area (Å²) in [6.07, 6.45) is 23.0. The number of carboxylic acid groups (broad SMARTS) is 1. The maximum Gasteiger partial charge on any atom is 1.00 e. The van der Waals surface area contributed by atoms with Gasteiger partial charge in [0.05, 0.1) is 0 Å². The molecule has 0 aliphatic rings. The summed E-state index contributed by atoms with van der Waals surface area (Å²) in [6, 6.07) is 0. The largest absolute Gasteiger partial charge is 1.00 e. The molecule has 0 atom stereocenters. The third-order valence-electron chi connectivity index (χ3n) is 3.03. The van der Waals surface area contributed by atoms with E-state index in [4.69, 9.17) is 0 Å². The third kappa shape index (κ3) is 21.7. The minimum absolute atomic E-state index is 0. The molecule has 3 heteroatoms. The Bertz CT molecular complexity index is 306. The molecule has 0 amide bonds. The van der Waals surface area contributed by atoms with Crippen LogP contribution in [0.25, 0.3) is 0 Å². The molecule has 0 radical (unpaired) electrons. The molecule has 2 nitrogen and oxygen atoms in total. The first-order valence-electron chi connectivity index (χ1n) is 7.92. The van der Waals surface area contributed by atoms with E-state index in [2.05, 4.69) is 43.4 Å². The molecule has 114 valence electrons. The maximum atomic E-state index is 10.2. The number of unbranched alkanes of at least 4 members (excludes halogenated alkanes) is 5. The van der Waals surface area contributed by atoms with E-state index in [0.717, 1.165) is 44.9 Å². The molecule has 0 aromatic rings. The molecule has 0 spiro atoms. The van der Waals surface area contributed by atoms with Crippen LogP contribution in [0, 0.1) is 0 Å². The summed E-state index contributed by atoms with van der Waals surface area (Å²) in [5.74, 6) is -0.925. The smallest absolute Gasteiger partial charge is 0.550 e. The monoisotopic (exact) mass is 284 g/mol. The van der Waals surface area contributed by atoms with Crippen molar-refractivity contribution in [2.75, 3.05) is 0 Å². The van der Waals surface area contributed by atoms with Crippen LogP contribution >= 0.6 is 0 Å². The van der Waals surface area contributed by atoms with Crippen molar-refractivity contribution in [3.8, 4) is 0 Å². The molecule has 0 N–H and O–H groups in total. The van der Waals surface area contributed by atoms with Gasteiger partial charge in [0.25, 0.3) is 0 Å². The van der Waals surface area contributed by atoms with Gasteiger partial charge < -0.3 is 9.90 Å². The van der Waals surface area contributed by atoms with Crippen LogP contribution in [0.5, 0.6) is 0 Å². The van der Waals surface area contributed by atoms with E-state index < -0.39 is 5.97 Å². The fourth-order valence-electron chi connectivity index (χ4n) is 1.89. The van der Waals surface area contributed by atoms with Gasteiger partial charge in [0.15, 0.2) is 0 Å². The van der Waals surface area contributed by atoms with Crippen LogP contribution in [0.3, 0.4) is 0 Å². The standard InChI is InChI=1S/C18H30O2.Li/c1-2-3-4-5-6-7-8-9-10-11-12-13-14-15-16-17-18(19)20;/h3-4,6-7,9-10H,2,5,8,11-17H2,1H3,(H,19,20);/q;+1/p-1/b4-3-,7-6-,10-9-;. The second kappa shape index (κ2) is 19.3. The second-order valence-electron chi connectivity index (χ2n) is 4.97. The Labute approximate surface area is 142 Å². The van der Waals surface area contributed by atoms with Crippen LogP contribution < -0.4 is 24.0 Å². The Kier molecular flexibility index (Phi) is 20.7. The first-order chi connectivity index (χ1) is 9.77. The molecule has 0 bridgehead atoms. The summed E-state index contributed by atoms with van der Waals surface area (Å²) in [6.45, 7) is 2.15.